The molecular weight excluding hydrogens is 364 g/mol. The average molecular weight is 384 g/mol. The second-order valence-corrected chi connectivity index (χ2v) is 6.87. The Labute approximate surface area is 159 Å². The Balaban J connectivity index is 0.000000380. The molecule has 3 aromatic rings. The van der Waals surface area contributed by atoms with Gasteiger partial charge in [-0.05, 0) is 42.1 Å². The highest BCUT2D eigenvalue weighted by atomic mass is 32.1. The third-order valence-corrected chi connectivity index (χ3v) is 4.83. The van der Waals surface area contributed by atoms with Crippen LogP contribution >= 0.6 is 11.3 Å². The molecule has 0 bridgehead atoms. The summed E-state index contributed by atoms with van der Waals surface area (Å²) in [6.45, 7) is 1.20. The molecule has 1 heterocycles. The van der Waals surface area contributed by atoms with Gasteiger partial charge >= 0.3 is 5.97 Å². The number of aliphatic hydroxyl groups is 1. The monoisotopic (exact) mass is 384 g/mol. The van der Waals surface area contributed by atoms with Crippen molar-refractivity contribution in [3.63, 3.8) is 0 Å². The fourth-order valence-corrected chi connectivity index (χ4v) is 3.22. The Morgan fingerprint density at radius 2 is 1.52 bits per heavy atom. The molecule has 0 aliphatic rings. The predicted octanol–water partition coefficient (Wildman–Crippen LogP) is 2.59. The highest BCUT2D eigenvalue weighted by Crippen LogP contribution is 2.34. The Bertz CT molecular complexity index is 994. The van der Waals surface area contributed by atoms with Gasteiger partial charge in [-0.25, -0.2) is 4.79 Å². The fourth-order valence-electron chi connectivity index (χ4n) is 2.17. The predicted molar refractivity (Wildman–Crippen MR) is 109 cm³/mol. The highest BCUT2D eigenvalue weighted by molar-refractivity contribution is 7.22. The number of benzene rings is 2. The van der Waals surface area contributed by atoms with Gasteiger partial charge in [0.1, 0.15) is 17.8 Å². The molecule has 2 aromatic carbocycles. The summed E-state index contributed by atoms with van der Waals surface area (Å²) in [5.74, 6) is -1.03. The molecule has 0 aliphatic carbocycles. The number of carboxylic acid groups (broad SMARTS) is 1. The van der Waals surface area contributed by atoms with E-state index in [1.165, 1.54) is 6.92 Å². The second kappa shape index (κ2) is 8.43. The maximum Gasteiger partial charge on any atom is 0.332 e. The third kappa shape index (κ3) is 5.13. The van der Waals surface area contributed by atoms with Gasteiger partial charge in [0, 0.05) is 20.7 Å². The van der Waals surface area contributed by atoms with E-state index in [4.69, 9.17) is 32.5 Å². The van der Waals surface area contributed by atoms with Gasteiger partial charge in [-0.15, -0.1) is 11.3 Å². The zero-order chi connectivity index (χ0) is 20.1. The molecule has 140 valence electrons. The van der Waals surface area contributed by atoms with Crippen LogP contribution in [0.5, 0.6) is 0 Å². The summed E-state index contributed by atoms with van der Waals surface area (Å²) in [5, 5.41) is 31.8. The number of carboxylic acids is 1. The van der Waals surface area contributed by atoms with Crippen LogP contribution in [0, 0.1) is 10.8 Å². The molecule has 8 N–H and O–H groups in total. The third-order valence-electron chi connectivity index (χ3n) is 3.67. The number of thiophene rings is 1. The van der Waals surface area contributed by atoms with E-state index in [1.54, 1.807) is 11.3 Å². The number of hydrogen-bond acceptors (Lipinski definition) is 5. The number of hydrogen-bond donors (Lipinski definition) is 6. The second-order valence-electron chi connectivity index (χ2n) is 5.78. The summed E-state index contributed by atoms with van der Waals surface area (Å²) in [4.78, 5) is 10.6. The van der Waals surface area contributed by atoms with Crippen LogP contribution in [0.2, 0.25) is 0 Å². The highest BCUT2D eigenvalue weighted by Gasteiger charge is 2.07. The zero-order valence-corrected chi connectivity index (χ0v) is 15.4. The minimum absolute atomic E-state index is 0.0731. The average Bonchev–Trinajstić information content (AvgIpc) is 3.05. The Morgan fingerprint density at radius 1 is 1.00 bits per heavy atom. The molecule has 0 spiro atoms. The number of amidine groups is 2. The molecule has 0 amide bonds. The summed E-state index contributed by atoms with van der Waals surface area (Å²) >= 11 is 1.69. The van der Waals surface area contributed by atoms with Crippen molar-refractivity contribution < 1.29 is 15.0 Å². The maximum atomic E-state index is 9.45. The lowest BCUT2D eigenvalue weighted by molar-refractivity contribution is -0.145. The van der Waals surface area contributed by atoms with Crippen LogP contribution in [-0.4, -0.2) is 34.0 Å². The molecule has 0 saturated heterocycles. The summed E-state index contributed by atoms with van der Waals surface area (Å²) in [5.41, 5.74) is 13.5. The van der Waals surface area contributed by atoms with Crippen molar-refractivity contribution in [3.05, 3.63) is 59.7 Å². The van der Waals surface area contributed by atoms with Gasteiger partial charge < -0.3 is 21.7 Å². The molecule has 1 atom stereocenters. The van der Waals surface area contributed by atoms with Gasteiger partial charge in [0.05, 0.1) is 0 Å². The van der Waals surface area contributed by atoms with Crippen molar-refractivity contribution in [2.45, 2.75) is 13.0 Å². The number of aliphatic carboxylic acids is 1. The van der Waals surface area contributed by atoms with Crippen molar-refractivity contribution in [1.29, 1.82) is 10.8 Å². The number of fused-ring (bicyclic) bond motifs is 1. The quantitative estimate of drug-likeness (QED) is 0.301. The number of carbonyl (C=O) groups is 1. The largest absolute Gasteiger partial charge is 0.479 e. The van der Waals surface area contributed by atoms with E-state index >= 15 is 0 Å². The molecule has 0 fully saturated rings. The molecular formula is C19H20N4O3S. The molecule has 7 nitrogen and oxygen atoms in total. The van der Waals surface area contributed by atoms with Crippen LogP contribution in [0.1, 0.15) is 18.1 Å². The normalized spacial score (nSPS) is 11.3. The molecule has 0 radical (unpaired) electrons. The minimum atomic E-state index is -1.23. The summed E-state index contributed by atoms with van der Waals surface area (Å²) in [6, 6.07) is 15.5. The smallest absolute Gasteiger partial charge is 0.332 e. The van der Waals surface area contributed by atoms with Gasteiger partial charge in [0.2, 0.25) is 0 Å². The molecule has 3 rings (SSSR count). The van der Waals surface area contributed by atoms with E-state index < -0.39 is 12.1 Å². The fraction of sp³-hybridized carbons (Fsp3) is 0.105. The van der Waals surface area contributed by atoms with Crippen LogP contribution in [-0.2, 0) is 4.79 Å². The molecule has 1 unspecified atom stereocenters. The summed E-state index contributed by atoms with van der Waals surface area (Å²) < 4.78 is 1.16. The first-order valence-electron chi connectivity index (χ1n) is 7.92. The van der Waals surface area contributed by atoms with E-state index in [2.05, 4.69) is 6.07 Å². The van der Waals surface area contributed by atoms with Gasteiger partial charge in [0.25, 0.3) is 0 Å². The first-order chi connectivity index (χ1) is 12.7. The van der Waals surface area contributed by atoms with E-state index in [-0.39, 0.29) is 11.7 Å². The molecule has 0 aliphatic heterocycles. The lowest BCUT2D eigenvalue weighted by atomic mass is 10.1. The number of rotatable bonds is 4. The topological polar surface area (TPSA) is 157 Å². The zero-order valence-electron chi connectivity index (χ0n) is 14.6. The van der Waals surface area contributed by atoms with Crippen LogP contribution < -0.4 is 11.5 Å². The van der Waals surface area contributed by atoms with E-state index in [0.717, 1.165) is 31.7 Å². The van der Waals surface area contributed by atoms with E-state index in [9.17, 15) is 4.79 Å². The maximum absolute atomic E-state index is 9.45. The van der Waals surface area contributed by atoms with Crippen molar-refractivity contribution in [2.75, 3.05) is 0 Å². The van der Waals surface area contributed by atoms with Gasteiger partial charge in [-0.2, -0.15) is 0 Å². The number of nitrogen functional groups attached to an aromatic ring is 2. The van der Waals surface area contributed by atoms with E-state index in [0.29, 0.717) is 0 Å². The van der Waals surface area contributed by atoms with E-state index in [1.807, 2.05) is 42.5 Å². The number of aliphatic hydroxyl groups excluding tert-OH is 1. The standard InChI is InChI=1S/C16H14N4S.C3H6O3/c17-15(18)10-3-1-9(2-4-10)14-8-12-7-11(16(19)20)5-6-13(12)21-14;1-2(4)3(5)6/h1-8H,(H3,17,18)(H3,19,20);2,4H,1H3,(H,5,6). The molecule has 8 heteroatoms. The molecule has 27 heavy (non-hydrogen) atoms. The van der Waals surface area contributed by atoms with Crippen molar-refractivity contribution in [2.24, 2.45) is 11.5 Å². The first-order valence-corrected chi connectivity index (χ1v) is 8.74. The Kier molecular flexibility index (Phi) is 6.27. The minimum Gasteiger partial charge on any atom is -0.479 e. The lowest BCUT2D eigenvalue weighted by Gasteiger charge is -2.00. The van der Waals surface area contributed by atoms with Gasteiger partial charge in [-0.1, -0.05) is 24.3 Å². The number of nitrogens with two attached hydrogens (primary N) is 2. The SMILES string of the molecule is CC(O)C(=O)O.N=C(N)c1ccc(-c2cc3cc(C(=N)N)ccc3s2)cc1. The Hall–Kier alpha value is -3.23. The molecule has 1 aromatic heterocycles. The van der Waals surface area contributed by atoms with Crippen molar-refractivity contribution in [3.8, 4) is 10.4 Å². The Morgan fingerprint density at radius 3 is 2.00 bits per heavy atom. The van der Waals surface area contributed by atoms with Crippen LogP contribution in [0.3, 0.4) is 0 Å². The summed E-state index contributed by atoms with van der Waals surface area (Å²) in [6.07, 6.45) is -1.23. The van der Waals surface area contributed by atoms with Crippen molar-refractivity contribution in [1.82, 2.24) is 0 Å². The first kappa shape index (κ1) is 20.1. The summed E-state index contributed by atoms with van der Waals surface area (Å²) in [7, 11) is 0. The lowest BCUT2D eigenvalue weighted by Crippen LogP contribution is -2.13. The van der Waals surface area contributed by atoms with Crippen molar-refractivity contribution >= 4 is 39.1 Å². The molecule has 0 saturated carbocycles. The number of nitrogens with one attached hydrogen (secondary N) is 2. The van der Waals surface area contributed by atoms with Crippen LogP contribution in [0.25, 0.3) is 20.5 Å². The van der Waals surface area contributed by atoms with Gasteiger partial charge in [0.15, 0.2) is 0 Å². The van der Waals surface area contributed by atoms with Gasteiger partial charge in [-0.3, -0.25) is 10.8 Å². The van der Waals surface area contributed by atoms with Crippen LogP contribution in [0.4, 0.5) is 0 Å². The van der Waals surface area contributed by atoms with Crippen LogP contribution in [0.15, 0.2) is 48.5 Å².